The summed E-state index contributed by atoms with van der Waals surface area (Å²) >= 11 is 5.86. The number of hydrogen-bond donors (Lipinski definition) is 2. The number of aromatic nitrogens is 1. The fraction of sp³-hybridized carbons (Fsp3) is 0.208. The predicted octanol–water partition coefficient (Wildman–Crippen LogP) is 3.72. The topological polar surface area (TPSA) is 89.4 Å². The minimum atomic E-state index is -0.692. The number of carbonyl (C=O) groups excluding carboxylic acids is 2. The zero-order valence-corrected chi connectivity index (χ0v) is 18.4. The molecular formula is C24H21ClFN3O4. The fourth-order valence-electron chi connectivity index (χ4n) is 3.86. The summed E-state index contributed by atoms with van der Waals surface area (Å²) in [6.07, 6.45) is 1.53. The van der Waals surface area contributed by atoms with Crippen molar-refractivity contribution < 1.29 is 18.7 Å². The van der Waals surface area contributed by atoms with Gasteiger partial charge in [0, 0.05) is 42.1 Å². The van der Waals surface area contributed by atoms with Gasteiger partial charge in [-0.05, 0) is 42.5 Å². The van der Waals surface area contributed by atoms with Gasteiger partial charge < -0.3 is 15.4 Å². The Kier molecular flexibility index (Phi) is 6.57. The molecule has 2 N–H and O–H groups in total. The summed E-state index contributed by atoms with van der Waals surface area (Å²) in [6.45, 7) is 0.217. The minimum absolute atomic E-state index is 0.0346. The molecule has 0 unspecified atom stereocenters. The van der Waals surface area contributed by atoms with Crippen LogP contribution < -0.4 is 16.2 Å². The van der Waals surface area contributed by atoms with Crippen molar-refractivity contribution >= 4 is 34.8 Å². The third-order valence-electron chi connectivity index (χ3n) is 5.56. The third kappa shape index (κ3) is 4.97. The van der Waals surface area contributed by atoms with E-state index in [-0.39, 0.29) is 29.7 Å². The molecule has 1 fully saturated rings. The summed E-state index contributed by atoms with van der Waals surface area (Å²) < 4.78 is 21.1. The van der Waals surface area contributed by atoms with E-state index in [0.29, 0.717) is 16.4 Å². The van der Waals surface area contributed by atoms with Gasteiger partial charge in [-0.2, -0.15) is 0 Å². The average Bonchev–Trinajstić information content (AvgIpc) is 3.51. The first-order chi connectivity index (χ1) is 15.9. The van der Waals surface area contributed by atoms with Crippen LogP contribution in [0.25, 0.3) is 5.69 Å². The molecule has 0 bridgehead atoms. The zero-order chi connectivity index (χ0) is 23.5. The molecule has 1 aliphatic carbocycles. The van der Waals surface area contributed by atoms with Crippen LogP contribution in [0.2, 0.25) is 5.02 Å². The van der Waals surface area contributed by atoms with Gasteiger partial charge in [0.05, 0.1) is 29.8 Å². The number of carbonyl (C=O) groups is 2. The molecule has 0 saturated heterocycles. The number of nitrogens with zero attached hydrogens (tertiary/aromatic N) is 1. The first-order valence-electron chi connectivity index (χ1n) is 10.2. The number of rotatable bonds is 7. The number of pyridine rings is 1. The molecule has 1 saturated carbocycles. The van der Waals surface area contributed by atoms with E-state index in [1.807, 2.05) is 0 Å². The van der Waals surface area contributed by atoms with Gasteiger partial charge in [-0.25, -0.2) is 4.39 Å². The van der Waals surface area contributed by atoms with Crippen LogP contribution in [0, 0.1) is 23.6 Å². The number of amides is 2. The second-order valence-electron chi connectivity index (χ2n) is 7.73. The molecule has 2 amide bonds. The van der Waals surface area contributed by atoms with Gasteiger partial charge in [-0.1, -0.05) is 17.7 Å². The molecule has 7 nitrogen and oxygen atoms in total. The number of benzene rings is 2. The van der Waals surface area contributed by atoms with Crippen LogP contribution in [0.3, 0.4) is 0 Å². The maximum absolute atomic E-state index is 14.7. The van der Waals surface area contributed by atoms with Crippen LogP contribution in [-0.2, 0) is 14.3 Å². The third-order valence-corrected chi connectivity index (χ3v) is 5.81. The lowest BCUT2D eigenvalue weighted by atomic mass is 10.2. The van der Waals surface area contributed by atoms with Gasteiger partial charge in [0.15, 0.2) is 0 Å². The lowest BCUT2D eigenvalue weighted by Gasteiger charge is -2.10. The van der Waals surface area contributed by atoms with E-state index in [2.05, 4.69) is 10.6 Å². The fourth-order valence-corrected chi connectivity index (χ4v) is 3.99. The first-order valence-corrected chi connectivity index (χ1v) is 10.6. The summed E-state index contributed by atoms with van der Waals surface area (Å²) in [5.41, 5.74) is 0.556. The quantitative estimate of drug-likeness (QED) is 0.552. The Morgan fingerprint density at radius 1 is 1.03 bits per heavy atom. The largest absolute Gasteiger partial charge is 0.384 e. The first kappa shape index (κ1) is 22.7. The second kappa shape index (κ2) is 9.56. The van der Waals surface area contributed by atoms with Crippen molar-refractivity contribution in [2.75, 3.05) is 24.4 Å². The smallest absolute Gasteiger partial charge is 0.255 e. The highest BCUT2D eigenvalue weighted by Gasteiger charge is 2.58. The lowest BCUT2D eigenvalue weighted by Crippen LogP contribution is -2.21. The standard InChI is InChI=1S/C24H21ClFN3O4/c1-33-13-17-21(23(31)27-15-7-5-14(25)6-8-15)22(17)24(32)28-19-10-9-16(12-18(19)26)29-11-3-2-4-20(29)30/h2-12,17,21-22H,13H2,1H3,(H,27,31)(H,28,32)/t17-,21-,22+/m0/s1. The summed E-state index contributed by atoms with van der Waals surface area (Å²) in [4.78, 5) is 37.5. The maximum atomic E-state index is 14.7. The molecule has 1 heterocycles. The van der Waals surface area contributed by atoms with E-state index in [0.717, 1.165) is 0 Å². The van der Waals surface area contributed by atoms with Crippen LogP contribution in [0.5, 0.6) is 0 Å². The molecule has 170 valence electrons. The zero-order valence-electron chi connectivity index (χ0n) is 17.6. The Morgan fingerprint density at radius 2 is 1.73 bits per heavy atom. The number of anilines is 2. The Morgan fingerprint density at radius 3 is 2.36 bits per heavy atom. The molecule has 9 heteroatoms. The van der Waals surface area contributed by atoms with E-state index in [9.17, 15) is 18.8 Å². The molecule has 3 aromatic rings. The number of ether oxygens (including phenoxy) is 1. The summed E-state index contributed by atoms with van der Waals surface area (Å²) in [7, 11) is 1.49. The van der Waals surface area contributed by atoms with E-state index in [1.54, 1.807) is 36.4 Å². The Balaban J connectivity index is 1.46. The van der Waals surface area contributed by atoms with E-state index in [1.165, 1.54) is 42.1 Å². The van der Waals surface area contributed by atoms with Gasteiger partial charge in [0.2, 0.25) is 11.8 Å². The highest BCUT2D eigenvalue weighted by molar-refractivity contribution is 6.30. The molecule has 1 aromatic heterocycles. The molecule has 0 spiro atoms. The molecule has 1 aliphatic rings. The van der Waals surface area contributed by atoms with Gasteiger partial charge in [0.25, 0.3) is 5.56 Å². The second-order valence-corrected chi connectivity index (χ2v) is 8.17. The molecule has 3 atom stereocenters. The van der Waals surface area contributed by atoms with Crippen LogP contribution in [0.4, 0.5) is 15.8 Å². The van der Waals surface area contributed by atoms with Crippen LogP contribution in [0.1, 0.15) is 0 Å². The summed E-state index contributed by atoms with van der Waals surface area (Å²) in [5, 5.41) is 5.87. The average molecular weight is 470 g/mol. The molecule has 4 rings (SSSR count). The van der Waals surface area contributed by atoms with Crippen molar-refractivity contribution in [3.05, 3.63) is 88.1 Å². The molecule has 2 aromatic carbocycles. The number of halogens is 2. The number of hydrogen-bond acceptors (Lipinski definition) is 4. The predicted molar refractivity (Wildman–Crippen MR) is 123 cm³/mol. The Bertz CT molecular complexity index is 1240. The van der Waals surface area contributed by atoms with Crippen molar-refractivity contribution in [1.29, 1.82) is 0 Å². The number of methoxy groups -OCH3 is 1. The van der Waals surface area contributed by atoms with Gasteiger partial charge in [-0.15, -0.1) is 0 Å². The van der Waals surface area contributed by atoms with Crippen molar-refractivity contribution in [1.82, 2.24) is 4.57 Å². The Hall–Kier alpha value is -3.49. The van der Waals surface area contributed by atoms with Crippen molar-refractivity contribution in [3.63, 3.8) is 0 Å². The number of nitrogens with one attached hydrogen (secondary N) is 2. The minimum Gasteiger partial charge on any atom is -0.384 e. The lowest BCUT2D eigenvalue weighted by molar-refractivity contribution is -0.122. The molecular weight excluding hydrogens is 449 g/mol. The van der Waals surface area contributed by atoms with E-state index >= 15 is 0 Å². The van der Waals surface area contributed by atoms with Crippen molar-refractivity contribution in [2.45, 2.75) is 0 Å². The van der Waals surface area contributed by atoms with E-state index in [4.69, 9.17) is 16.3 Å². The monoisotopic (exact) mass is 469 g/mol. The molecule has 33 heavy (non-hydrogen) atoms. The molecule has 0 radical (unpaired) electrons. The Labute approximate surface area is 194 Å². The normalized spacial score (nSPS) is 19.1. The molecule has 0 aliphatic heterocycles. The SMILES string of the molecule is COC[C@@H]1[C@@H](C(=O)Nc2ccc(-n3ccccc3=O)cc2F)[C@H]1C(=O)Nc1ccc(Cl)cc1. The van der Waals surface area contributed by atoms with Gasteiger partial charge in [0.1, 0.15) is 5.82 Å². The van der Waals surface area contributed by atoms with Crippen LogP contribution >= 0.6 is 11.6 Å². The summed E-state index contributed by atoms with van der Waals surface area (Å²) in [6, 6.07) is 15.3. The van der Waals surface area contributed by atoms with Crippen molar-refractivity contribution in [2.24, 2.45) is 17.8 Å². The maximum Gasteiger partial charge on any atom is 0.255 e. The summed E-state index contributed by atoms with van der Waals surface area (Å²) in [5.74, 6) is -3.08. The highest BCUT2D eigenvalue weighted by atomic mass is 35.5. The van der Waals surface area contributed by atoms with Crippen LogP contribution in [-0.4, -0.2) is 30.1 Å². The van der Waals surface area contributed by atoms with Gasteiger partial charge in [-0.3, -0.25) is 19.0 Å². The van der Waals surface area contributed by atoms with Gasteiger partial charge >= 0.3 is 0 Å². The van der Waals surface area contributed by atoms with Crippen LogP contribution in [0.15, 0.2) is 71.7 Å². The van der Waals surface area contributed by atoms with E-state index < -0.39 is 23.6 Å². The highest BCUT2D eigenvalue weighted by Crippen LogP contribution is 2.48. The van der Waals surface area contributed by atoms with Crippen molar-refractivity contribution in [3.8, 4) is 5.69 Å².